The third kappa shape index (κ3) is 4.01. The van der Waals surface area contributed by atoms with E-state index in [1.165, 1.54) is 12.3 Å². The molecule has 1 rings (SSSR count). The normalized spacial score (nSPS) is 12.5. The Bertz CT molecular complexity index is 322. The lowest BCUT2D eigenvalue weighted by molar-refractivity contribution is 0.176. The number of nitrogens with one attached hydrogen (secondary N) is 1. The number of halogens is 2. The maximum absolute atomic E-state index is 13.2. The summed E-state index contributed by atoms with van der Waals surface area (Å²) in [6, 6.07) is 1.18. The predicted octanol–water partition coefficient (Wildman–Crippen LogP) is 2.45. The fourth-order valence-corrected chi connectivity index (χ4v) is 1.34. The molecule has 0 aromatic carbocycles. The van der Waals surface area contributed by atoms with Crippen LogP contribution in [0.3, 0.4) is 0 Å². The van der Waals surface area contributed by atoms with Crippen LogP contribution in [-0.2, 0) is 0 Å². The Morgan fingerprint density at radius 3 is 3.00 bits per heavy atom. The largest absolute Gasteiger partial charge is 0.391 e. The number of nitrogens with zero attached hydrogens (tertiary/aromatic N) is 1. The minimum Gasteiger partial charge on any atom is -0.391 e. The highest BCUT2D eigenvalue weighted by Crippen LogP contribution is 2.15. The minimum atomic E-state index is -0.508. The van der Waals surface area contributed by atoms with E-state index in [1.807, 2.05) is 6.92 Å². The molecular weight excluding hydrogens is 219 g/mol. The van der Waals surface area contributed by atoms with Crippen LogP contribution in [0.1, 0.15) is 19.8 Å². The van der Waals surface area contributed by atoms with Gasteiger partial charge in [0.05, 0.1) is 11.1 Å². The fourth-order valence-electron chi connectivity index (χ4n) is 1.19. The van der Waals surface area contributed by atoms with E-state index in [4.69, 9.17) is 11.6 Å². The van der Waals surface area contributed by atoms with Gasteiger partial charge in [-0.25, -0.2) is 9.37 Å². The van der Waals surface area contributed by atoms with E-state index in [2.05, 4.69) is 10.3 Å². The Balaban J connectivity index is 2.50. The summed E-state index contributed by atoms with van der Waals surface area (Å²) < 4.78 is 13.2. The molecule has 1 atom stereocenters. The molecule has 0 saturated carbocycles. The van der Waals surface area contributed by atoms with Gasteiger partial charge in [-0.2, -0.15) is 0 Å². The molecule has 0 aliphatic rings. The van der Waals surface area contributed by atoms with Crippen LogP contribution in [-0.4, -0.2) is 22.7 Å². The van der Waals surface area contributed by atoms with Crippen LogP contribution in [0, 0.1) is 5.82 Å². The molecule has 0 radical (unpaired) electrons. The van der Waals surface area contributed by atoms with Crippen molar-refractivity contribution in [2.45, 2.75) is 25.9 Å². The molecule has 0 spiro atoms. The van der Waals surface area contributed by atoms with Crippen molar-refractivity contribution in [3.8, 4) is 0 Å². The van der Waals surface area contributed by atoms with Crippen molar-refractivity contribution in [2.75, 3.05) is 11.9 Å². The number of hydrogen-bond donors (Lipinski definition) is 2. The molecule has 5 heteroatoms. The summed E-state index contributed by atoms with van der Waals surface area (Å²) in [6.07, 6.45) is 2.45. The average molecular weight is 233 g/mol. The first-order chi connectivity index (χ1) is 7.13. The van der Waals surface area contributed by atoms with Crippen molar-refractivity contribution in [3.63, 3.8) is 0 Å². The van der Waals surface area contributed by atoms with E-state index in [9.17, 15) is 9.50 Å². The highest BCUT2D eigenvalue weighted by molar-refractivity contribution is 6.30. The van der Waals surface area contributed by atoms with Gasteiger partial charge in [-0.1, -0.05) is 24.9 Å². The van der Waals surface area contributed by atoms with Crippen molar-refractivity contribution in [2.24, 2.45) is 0 Å². The van der Waals surface area contributed by atoms with E-state index in [-0.39, 0.29) is 10.8 Å². The fraction of sp³-hybridized carbons (Fsp3) is 0.500. The van der Waals surface area contributed by atoms with Gasteiger partial charge in [0, 0.05) is 12.7 Å². The van der Waals surface area contributed by atoms with Crippen LogP contribution in [0.5, 0.6) is 0 Å². The zero-order valence-electron chi connectivity index (χ0n) is 8.50. The van der Waals surface area contributed by atoms with Crippen molar-refractivity contribution in [3.05, 3.63) is 23.1 Å². The van der Waals surface area contributed by atoms with E-state index < -0.39 is 11.9 Å². The molecule has 3 nitrogen and oxygen atoms in total. The average Bonchev–Trinajstić information content (AvgIpc) is 2.17. The highest BCUT2D eigenvalue weighted by Gasteiger charge is 2.07. The maximum Gasteiger partial charge on any atom is 0.166 e. The van der Waals surface area contributed by atoms with Gasteiger partial charge in [0.15, 0.2) is 11.6 Å². The van der Waals surface area contributed by atoms with Gasteiger partial charge in [0.1, 0.15) is 0 Å². The van der Waals surface area contributed by atoms with Gasteiger partial charge < -0.3 is 10.4 Å². The third-order valence-corrected chi connectivity index (χ3v) is 2.14. The summed E-state index contributed by atoms with van der Waals surface area (Å²) in [6.45, 7) is 2.27. The summed E-state index contributed by atoms with van der Waals surface area (Å²) >= 11 is 5.55. The molecule has 0 bridgehead atoms. The van der Waals surface area contributed by atoms with Crippen LogP contribution < -0.4 is 5.32 Å². The van der Waals surface area contributed by atoms with E-state index in [1.54, 1.807) is 0 Å². The van der Waals surface area contributed by atoms with Crippen molar-refractivity contribution in [1.82, 2.24) is 4.98 Å². The Morgan fingerprint density at radius 1 is 1.67 bits per heavy atom. The second-order valence-electron chi connectivity index (χ2n) is 3.31. The van der Waals surface area contributed by atoms with Crippen molar-refractivity contribution in [1.29, 1.82) is 0 Å². The second kappa shape index (κ2) is 5.88. The first kappa shape index (κ1) is 12.2. The van der Waals surface area contributed by atoms with Gasteiger partial charge in [-0.05, 0) is 12.5 Å². The summed E-state index contributed by atoms with van der Waals surface area (Å²) in [4.78, 5) is 3.78. The van der Waals surface area contributed by atoms with Crippen LogP contribution in [0.25, 0.3) is 0 Å². The molecule has 84 valence electrons. The molecule has 1 aromatic heterocycles. The Hall–Kier alpha value is -0.870. The number of rotatable bonds is 5. The van der Waals surface area contributed by atoms with Gasteiger partial charge in [-0.15, -0.1) is 0 Å². The third-order valence-electron chi connectivity index (χ3n) is 1.93. The Kier molecular flexibility index (Phi) is 4.78. The molecule has 0 aliphatic carbocycles. The van der Waals surface area contributed by atoms with Gasteiger partial charge in [0.25, 0.3) is 0 Å². The minimum absolute atomic E-state index is 0.120. The van der Waals surface area contributed by atoms with Crippen molar-refractivity contribution >= 4 is 17.4 Å². The molecule has 1 aromatic rings. The van der Waals surface area contributed by atoms with E-state index in [0.29, 0.717) is 13.0 Å². The molecule has 2 N–H and O–H groups in total. The number of pyridine rings is 1. The predicted molar refractivity (Wildman–Crippen MR) is 58.6 cm³/mol. The van der Waals surface area contributed by atoms with E-state index >= 15 is 0 Å². The molecule has 0 fully saturated rings. The van der Waals surface area contributed by atoms with Crippen LogP contribution in [0.15, 0.2) is 12.3 Å². The number of aliphatic hydroxyl groups excluding tert-OH is 1. The molecule has 0 amide bonds. The van der Waals surface area contributed by atoms with Gasteiger partial charge in [0.2, 0.25) is 0 Å². The summed E-state index contributed by atoms with van der Waals surface area (Å²) in [5, 5.41) is 12.4. The van der Waals surface area contributed by atoms with Crippen LogP contribution >= 0.6 is 11.6 Å². The van der Waals surface area contributed by atoms with Gasteiger partial charge >= 0.3 is 0 Å². The lowest BCUT2D eigenvalue weighted by Crippen LogP contribution is -2.20. The van der Waals surface area contributed by atoms with Crippen LogP contribution in [0.4, 0.5) is 10.2 Å². The zero-order valence-corrected chi connectivity index (χ0v) is 9.26. The van der Waals surface area contributed by atoms with E-state index in [0.717, 1.165) is 6.42 Å². The number of aliphatic hydroxyl groups is 1. The lowest BCUT2D eigenvalue weighted by atomic mass is 10.2. The molecule has 15 heavy (non-hydrogen) atoms. The van der Waals surface area contributed by atoms with Crippen molar-refractivity contribution < 1.29 is 9.50 Å². The first-order valence-corrected chi connectivity index (χ1v) is 5.24. The second-order valence-corrected chi connectivity index (χ2v) is 3.74. The number of anilines is 1. The topological polar surface area (TPSA) is 45.1 Å². The summed E-state index contributed by atoms with van der Waals surface area (Å²) in [7, 11) is 0. The standard InChI is InChI=1S/C10H14ClFN2O/c1-2-3-8(15)6-14-10-9(12)4-7(11)5-13-10/h4-5,8,15H,2-3,6H2,1H3,(H,13,14). The SMILES string of the molecule is CCCC(O)CNc1ncc(Cl)cc1F. The first-order valence-electron chi connectivity index (χ1n) is 4.86. The smallest absolute Gasteiger partial charge is 0.166 e. The summed E-state index contributed by atoms with van der Waals surface area (Å²) in [5.41, 5.74) is 0. The quantitative estimate of drug-likeness (QED) is 0.820. The summed E-state index contributed by atoms with van der Waals surface area (Å²) in [5.74, 6) is -0.388. The molecule has 0 saturated heterocycles. The Morgan fingerprint density at radius 2 is 2.40 bits per heavy atom. The lowest BCUT2D eigenvalue weighted by Gasteiger charge is -2.11. The number of aromatic nitrogens is 1. The Labute approximate surface area is 93.3 Å². The zero-order chi connectivity index (χ0) is 11.3. The highest BCUT2D eigenvalue weighted by atomic mass is 35.5. The maximum atomic E-state index is 13.2. The number of hydrogen-bond acceptors (Lipinski definition) is 3. The monoisotopic (exact) mass is 232 g/mol. The molecule has 1 unspecified atom stereocenters. The molecule has 0 aliphatic heterocycles. The molecule has 1 heterocycles. The van der Waals surface area contributed by atoms with Crippen LogP contribution in [0.2, 0.25) is 5.02 Å². The molecular formula is C10H14ClFN2O. The van der Waals surface area contributed by atoms with Gasteiger partial charge in [-0.3, -0.25) is 0 Å².